The maximum absolute atomic E-state index is 12.2. The second-order valence-electron chi connectivity index (χ2n) is 5.53. The fourth-order valence-corrected chi connectivity index (χ4v) is 2.15. The van der Waals surface area contributed by atoms with Crippen LogP contribution < -0.4 is 10.6 Å². The third kappa shape index (κ3) is 5.94. The predicted octanol–water partition coefficient (Wildman–Crippen LogP) is 2.18. The molecule has 7 nitrogen and oxygen atoms in total. The maximum Gasteiger partial charge on any atom is 0.355 e. The zero-order valence-electron chi connectivity index (χ0n) is 14.5. The Morgan fingerprint density at radius 1 is 1.15 bits per heavy atom. The Bertz CT molecular complexity index is 782. The average Bonchev–Trinajstić information content (AvgIpc) is 3.14. The Morgan fingerprint density at radius 2 is 1.88 bits per heavy atom. The van der Waals surface area contributed by atoms with Crippen LogP contribution in [0.15, 0.2) is 58.8 Å². The highest BCUT2D eigenvalue weighted by Gasteiger charge is 2.17. The molecule has 2 N–H and O–H groups in total. The molecule has 1 heterocycles. The van der Waals surface area contributed by atoms with Crippen LogP contribution in [0.2, 0.25) is 0 Å². The number of amides is 2. The van der Waals surface area contributed by atoms with E-state index < -0.39 is 24.4 Å². The molecule has 0 aliphatic rings. The van der Waals surface area contributed by atoms with Gasteiger partial charge in [0.25, 0.3) is 5.91 Å². The van der Waals surface area contributed by atoms with E-state index in [2.05, 4.69) is 10.6 Å². The second kappa shape index (κ2) is 9.22. The average molecular weight is 356 g/mol. The van der Waals surface area contributed by atoms with Crippen LogP contribution in [0.5, 0.6) is 0 Å². The number of ether oxygens (including phenoxy) is 1. The van der Waals surface area contributed by atoms with E-state index in [1.807, 2.05) is 6.07 Å². The van der Waals surface area contributed by atoms with Crippen molar-refractivity contribution in [1.29, 1.82) is 0 Å². The molecule has 0 radical (unpaired) electrons. The van der Waals surface area contributed by atoms with Crippen LogP contribution >= 0.6 is 0 Å². The summed E-state index contributed by atoms with van der Waals surface area (Å²) in [4.78, 5) is 35.4. The minimum Gasteiger partial charge on any atom is -0.467 e. The van der Waals surface area contributed by atoms with E-state index >= 15 is 0 Å². The van der Waals surface area contributed by atoms with Gasteiger partial charge in [0.05, 0.1) is 12.3 Å². The molecule has 0 aliphatic heterocycles. The number of nitrogens with one attached hydrogen (secondary N) is 2. The molecule has 1 atom stereocenters. The Balaban J connectivity index is 1.95. The van der Waals surface area contributed by atoms with Gasteiger partial charge in [0.15, 0.2) is 6.61 Å². The van der Waals surface area contributed by atoms with E-state index in [-0.39, 0.29) is 11.7 Å². The lowest BCUT2D eigenvalue weighted by Gasteiger charge is -2.12. The molecule has 1 aromatic carbocycles. The van der Waals surface area contributed by atoms with Crippen LogP contribution in [0, 0.1) is 0 Å². The van der Waals surface area contributed by atoms with Gasteiger partial charge in [0.1, 0.15) is 11.5 Å². The van der Waals surface area contributed by atoms with E-state index in [4.69, 9.17) is 9.15 Å². The Morgan fingerprint density at radius 3 is 2.50 bits per heavy atom. The number of hydrogen-bond acceptors (Lipinski definition) is 5. The van der Waals surface area contributed by atoms with Gasteiger partial charge in [-0.3, -0.25) is 9.59 Å². The Hall–Kier alpha value is -3.35. The molecule has 0 unspecified atom stereocenters. The number of furan rings is 1. The van der Waals surface area contributed by atoms with Gasteiger partial charge in [-0.15, -0.1) is 0 Å². The lowest BCUT2D eigenvalue weighted by atomic mass is 10.2. The van der Waals surface area contributed by atoms with Crippen LogP contribution in [0.1, 0.15) is 31.2 Å². The van der Waals surface area contributed by atoms with E-state index in [1.165, 1.54) is 19.3 Å². The quantitative estimate of drug-likeness (QED) is 0.585. The maximum atomic E-state index is 12.2. The van der Waals surface area contributed by atoms with Crippen molar-refractivity contribution in [3.8, 4) is 0 Å². The molecule has 2 amide bonds. The molecule has 1 aromatic heterocycles. The first-order valence-electron chi connectivity index (χ1n) is 8.00. The van der Waals surface area contributed by atoms with Crippen molar-refractivity contribution in [2.24, 2.45) is 0 Å². The van der Waals surface area contributed by atoms with Gasteiger partial charge in [-0.2, -0.15) is 0 Å². The molecule has 0 fully saturated rings. The van der Waals surface area contributed by atoms with Crippen LogP contribution in [0.25, 0.3) is 6.08 Å². The number of benzene rings is 1. The van der Waals surface area contributed by atoms with Crippen molar-refractivity contribution < 1.29 is 23.5 Å². The van der Waals surface area contributed by atoms with Crippen LogP contribution in [0.3, 0.4) is 0 Å². The van der Waals surface area contributed by atoms with Crippen molar-refractivity contribution in [3.63, 3.8) is 0 Å². The molecule has 136 valence electrons. The number of carbonyl (C=O) groups excluding carboxylic acids is 3. The highest BCUT2D eigenvalue weighted by molar-refractivity contribution is 5.98. The standard InChI is InChI=1S/C19H20N2O5/c1-13(17-9-6-10-25-17)20-18(23)12-26-19(24)16(21-14(2)22)11-15-7-4-3-5-8-15/h3-11,13H,12H2,1-2H3,(H,20,23)(H,21,22)/b16-11-/t13-/m1/s1. The summed E-state index contributed by atoms with van der Waals surface area (Å²) in [6, 6.07) is 12.1. The van der Waals surface area contributed by atoms with Crippen molar-refractivity contribution in [2.75, 3.05) is 6.61 Å². The minimum absolute atomic E-state index is 0.0458. The molecule has 0 bridgehead atoms. The fourth-order valence-electron chi connectivity index (χ4n) is 2.15. The Labute approximate surface area is 151 Å². The fraction of sp³-hybridized carbons (Fsp3) is 0.211. The summed E-state index contributed by atoms with van der Waals surface area (Å²) in [7, 11) is 0. The highest BCUT2D eigenvalue weighted by Crippen LogP contribution is 2.12. The SMILES string of the molecule is CC(=O)N/C(=C\c1ccccc1)C(=O)OCC(=O)N[C@H](C)c1ccco1. The molecule has 2 rings (SSSR count). The van der Waals surface area contributed by atoms with Gasteiger partial charge in [-0.25, -0.2) is 4.79 Å². The van der Waals surface area contributed by atoms with Gasteiger partial charge in [-0.05, 0) is 30.7 Å². The number of carbonyl (C=O) groups is 3. The summed E-state index contributed by atoms with van der Waals surface area (Å²) in [5.41, 5.74) is 0.666. The number of esters is 1. The van der Waals surface area contributed by atoms with Gasteiger partial charge >= 0.3 is 5.97 Å². The molecular formula is C19H20N2O5. The molecule has 0 aliphatic carbocycles. The zero-order valence-corrected chi connectivity index (χ0v) is 14.5. The molecule has 7 heteroatoms. The highest BCUT2D eigenvalue weighted by atomic mass is 16.5. The van der Waals surface area contributed by atoms with Gasteiger partial charge in [-0.1, -0.05) is 30.3 Å². The van der Waals surface area contributed by atoms with Crippen molar-refractivity contribution in [1.82, 2.24) is 10.6 Å². The minimum atomic E-state index is -0.801. The molecule has 0 saturated heterocycles. The van der Waals surface area contributed by atoms with Crippen molar-refractivity contribution in [2.45, 2.75) is 19.9 Å². The van der Waals surface area contributed by atoms with Crippen LogP contribution in [-0.4, -0.2) is 24.4 Å². The van der Waals surface area contributed by atoms with E-state index in [9.17, 15) is 14.4 Å². The number of rotatable bonds is 7. The lowest BCUT2D eigenvalue weighted by molar-refractivity contribution is -0.145. The third-order valence-corrected chi connectivity index (χ3v) is 3.32. The molecular weight excluding hydrogens is 336 g/mol. The van der Waals surface area contributed by atoms with Crippen LogP contribution in [0.4, 0.5) is 0 Å². The van der Waals surface area contributed by atoms with Crippen LogP contribution in [-0.2, 0) is 19.1 Å². The van der Waals surface area contributed by atoms with Gasteiger partial charge in [0.2, 0.25) is 5.91 Å². The topological polar surface area (TPSA) is 97.6 Å². The van der Waals surface area contributed by atoms with E-state index in [0.717, 1.165) is 0 Å². The Kier molecular flexibility index (Phi) is 6.73. The molecule has 0 saturated carbocycles. The largest absolute Gasteiger partial charge is 0.467 e. The summed E-state index contributed by atoms with van der Waals surface area (Å²) in [6.07, 6.45) is 2.99. The molecule has 26 heavy (non-hydrogen) atoms. The summed E-state index contributed by atoms with van der Waals surface area (Å²) in [5, 5.41) is 5.07. The predicted molar refractivity (Wildman–Crippen MR) is 94.5 cm³/mol. The third-order valence-electron chi connectivity index (χ3n) is 3.32. The van der Waals surface area contributed by atoms with Gasteiger partial charge < -0.3 is 19.8 Å². The molecule has 0 spiro atoms. The summed E-state index contributed by atoms with van der Waals surface area (Å²) >= 11 is 0. The first-order valence-corrected chi connectivity index (χ1v) is 8.00. The van der Waals surface area contributed by atoms with Crippen molar-refractivity contribution >= 4 is 23.9 Å². The van der Waals surface area contributed by atoms with Gasteiger partial charge in [0, 0.05) is 6.92 Å². The number of hydrogen-bond donors (Lipinski definition) is 2. The second-order valence-corrected chi connectivity index (χ2v) is 5.53. The summed E-state index contributed by atoms with van der Waals surface area (Å²) in [5.74, 6) is -1.11. The lowest BCUT2D eigenvalue weighted by Crippen LogP contribution is -2.33. The van der Waals surface area contributed by atoms with E-state index in [1.54, 1.807) is 43.3 Å². The van der Waals surface area contributed by atoms with Crippen molar-refractivity contribution in [3.05, 3.63) is 65.7 Å². The summed E-state index contributed by atoms with van der Waals surface area (Å²) < 4.78 is 10.2. The first kappa shape index (κ1) is 19.0. The zero-order chi connectivity index (χ0) is 18.9. The first-order chi connectivity index (χ1) is 12.5. The summed E-state index contributed by atoms with van der Waals surface area (Å²) in [6.45, 7) is 2.55. The smallest absolute Gasteiger partial charge is 0.355 e. The molecule has 2 aromatic rings. The normalized spacial score (nSPS) is 12.2. The van der Waals surface area contributed by atoms with E-state index in [0.29, 0.717) is 11.3 Å². The monoisotopic (exact) mass is 356 g/mol.